The van der Waals surface area contributed by atoms with Gasteiger partial charge in [0.2, 0.25) is 0 Å². The fourth-order valence-corrected chi connectivity index (χ4v) is 17.9. The molecule has 0 spiro atoms. The summed E-state index contributed by atoms with van der Waals surface area (Å²) in [6.07, 6.45) is 15.3. The minimum absolute atomic E-state index is 0.0537. The molecule has 0 saturated heterocycles. The Morgan fingerprint density at radius 3 is 1.34 bits per heavy atom. The highest BCUT2D eigenvalue weighted by atomic mass is 32.1. The normalized spacial score (nSPS) is 27.5. The van der Waals surface area contributed by atoms with E-state index in [0.29, 0.717) is 5.11 Å². The van der Waals surface area contributed by atoms with Crippen molar-refractivity contribution in [3.63, 3.8) is 0 Å². The molecule has 14 heteroatoms. The van der Waals surface area contributed by atoms with Crippen molar-refractivity contribution in [3.05, 3.63) is 94.3 Å². The van der Waals surface area contributed by atoms with Gasteiger partial charge in [-0.05, 0) is 218 Å². The van der Waals surface area contributed by atoms with Crippen molar-refractivity contribution in [2.45, 2.75) is 88.1 Å². The van der Waals surface area contributed by atoms with E-state index in [2.05, 4.69) is 97.4 Å². The minimum atomic E-state index is -0.116. The van der Waals surface area contributed by atoms with E-state index in [1.54, 1.807) is 45.3 Å². The van der Waals surface area contributed by atoms with Crippen LogP contribution in [0.25, 0.3) is 75.5 Å². The highest BCUT2D eigenvalue weighted by Crippen LogP contribution is 2.57. The number of thiophene rings is 4. The number of nitrogens with one attached hydrogen (secondary N) is 4. The molecule has 16 rings (SSSR count). The van der Waals surface area contributed by atoms with Gasteiger partial charge in [0, 0.05) is 22.5 Å². The number of hydrogen-bond donors (Lipinski definition) is 4. The molecule has 4 N–H and O–H groups in total. The first kappa shape index (κ1) is 41.8. The Kier molecular flexibility index (Phi) is 9.98. The van der Waals surface area contributed by atoms with Crippen molar-refractivity contribution in [1.82, 2.24) is 30.6 Å². The summed E-state index contributed by atoms with van der Waals surface area (Å²) in [5.74, 6) is 4.85. The summed E-state index contributed by atoms with van der Waals surface area (Å²) in [6.45, 7) is 0. The molecule has 0 aliphatic heterocycles. The lowest BCUT2D eigenvalue weighted by atomic mass is 9.53. The lowest BCUT2D eigenvalue weighted by Gasteiger charge is -2.57. The van der Waals surface area contributed by atoms with E-state index in [1.165, 1.54) is 57.8 Å². The number of fused-ring (bicyclic) bond motifs is 2. The van der Waals surface area contributed by atoms with Crippen molar-refractivity contribution in [3.8, 4) is 53.4 Å². The Balaban J connectivity index is 0.723. The van der Waals surface area contributed by atoms with Crippen LogP contribution in [0, 0.1) is 35.5 Å². The van der Waals surface area contributed by atoms with E-state index in [9.17, 15) is 4.79 Å². The number of carbonyl (C=O) groups is 1. The molecule has 0 unspecified atom stereocenters. The number of aromatic nitrogens is 4. The van der Waals surface area contributed by atoms with E-state index in [4.69, 9.17) is 32.2 Å². The number of urea groups is 1. The quantitative estimate of drug-likeness (QED) is 0.106. The van der Waals surface area contributed by atoms with Crippen LogP contribution in [0.3, 0.4) is 0 Å². The fraction of sp³-hybridized carbons (Fsp3) is 0.370. The predicted octanol–water partition coefficient (Wildman–Crippen LogP) is 14.5. The molecule has 68 heavy (non-hydrogen) atoms. The van der Waals surface area contributed by atoms with Crippen LogP contribution in [-0.2, 0) is 0 Å². The average molecular weight is 987 g/mol. The zero-order valence-corrected chi connectivity index (χ0v) is 41.5. The zero-order valence-electron chi connectivity index (χ0n) is 37.4. The minimum Gasteiger partial charge on any atom is -0.357 e. The predicted molar refractivity (Wildman–Crippen MR) is 285 cm³/mol. The molecular formula is C54H50N8OS5. The van der Waals surface area contributed by atoms with Crippen LogP contribution in [0.1, 0.15) is 77.0 Å². The van der Waals surface area contributed by atoms with E-state index in [-0.39, 0.29) is 17.1 Å². The van der Waals surface area contributed by atoms with E-state index >= 15 is 0 Å². The number of anilines is 2. The first-order chi connectivity index (χ1) is 33.2. The summed E-state index contributed by atoms with van der Waals surface area (Å²) in [5.41, 5.74) is 10.7. The molecule has 8 aliphatic carbocycles. The zero-order chi connectivity index (χ0) is 45.1. The third-order valence-electron chi connectivity index (χ3n) is 16.2. The van der Waals surface area contributed by atoms with Crippen LogP contribution in [0.5, 0.6) is 0 Å². The summed E-state index contributed by atoms with van der Waals surface area (Å²) in [6, 6.07) is 24.8. The summed E-state index contributed by atoms with van der Waals surface area (Å²) in [4.78, 5) is 38.8. The Bertz CT molecular complexity index is 2990. The lowest BCUT2D eigenvalue weighted by Crippen LogP contribution is -2.60. The number of carbonyl (C=O) groups excluding carboxylic acids is 1. The van der Waals surface area contributed by atoms with Crippen molar-refractivity contribution < 1.29 is 4.79 Å². The monoisotopic (exact) mass is 986 g/mol. The number of rotatable bonds is 9. The topological polar surface area (TPSA) is 117 Å². The van der Waals surface area contributed by atoms with Crippen LogP contribution in [0.2, 0.25) is 0 Å². The number of amides is 2. The Morgan fingerprint density at radius 2 is 0.897 bits per heavy atom. The lowest BCUT2D eigenvalue weighted by molar-refractivity contribution is -0.0127. The van der Waals surface area contributed by atoms with Crippen LogP contribution in [0.15, 0.2) is 94.3 Å². The van der Waals surface area contributed by atoms with Gasteiger partial charge in [-0.3, -0.25) is 0 Å². The van der Waals surface area contributed by atoms with Gasteiger partial charge in [0.25, 0.3) is 0 Å². The molecule has 8 bridgehead atoms. The Labute approximate surface area is 416 Å². The maximum Gasteiger partial charge on any atom is 0.319 e. The fourth-order valence-electron chi connectivity index (χ4n) is 14.3. The smallest absolute Gasteiger partial charge is 0.319 e. The Hall–Kier alpha value is -5.12. The average Bonchev–Trinajstić information content (AvgIpc) is 4.16. The molecule has 0 radical (unpaired) electrons. The third-order valence-corrected chi connectivity index (χ3v) is 20.0. The van der Waals surface area contributed by atoms with Crippen LogP contribution >= 0.6 is 57.6 Å². The maximum atomic E-state index is 13.5. The van der Waals surface area contributed by atoms with Crippen LogP contribution in [0.4, 0.5) is 16.2 Å². The summed E-state index contributed by atoms with van der Waals surface area (Å²) >= 11 is 12.7. The third kappa shape index (κ3) is 7.65. The molecule has 9 nitrogen and oxygen atoms in total. The Morgan fingerprint density at radius 1 is 0.485 bits per heavy atom. The first-order valence-electron chi connectivity index (χ1n) is 24.3. The second-order valence-electron chi connectivity index (χ2n) is 21.2. The molecule has 8 fully saturated rings. The molecular weight excluding hydrogens is 937 g/mol. The molecule has 6 heterocycles. The second-order valence-corrected chi connectivity index (χ2v) is 25.3. The van der Waals surface area contributed by atoms with Crippen molar-refractivity contribution in [1.29, 1.82) is 0 Å². The molecule has 2 amide bonds. The summed E-state index contributed by atoms with van der Waals surface area (Å²) < 4.78 is 0. The van der Waals surface area contributed by atoms with E-state index in [0.717, 1.165) is 142 Å². The second kappa shape index (κ2) is 16.2. The van der Waals surface area contributed by atoms with E-state index < -0.39 is 0 Å². The van der Waals surface area contributed by atoms with Crippen molar-refractivity contribution in [2.24, 2.45) is 35.5 Å². The summed E-state index contributed by atoms with van der Waals surface area (Å²) in [7, 11) is 0. The molecule has 8 aliphatic rings. The molecule has 8 aromatic rings. The molecule has 8 saturated carbocycles. The van der Waals surface area contributed by atoms with Crippen molar-refractivity contribution >= 4 is 102 Å². The van der Waals surface area contributed by atoms with Gasteiger partial charge in [0.1, 0.15) is 22.8 Å². The first-order valence-corrected chi connectivity index (χ1v) is 28.2. The van der Waals surface area contributed by atoms with Gasteiger partial charge in [-0.2, -0.15) is 0 Å². The molecule has 6 aromatic heterocycles. The highest BCUT2D eigenvalue weighted by molar-refractivity contribution is 7.80. The number of thiocarbonyl (C=S) groups is 1. The van der Waals surface area contributed by atoms with E-state index in [1.807, 2.05) is 18.2 Å². The standard InChI is InChI=1S/C54H50N8OS5/c63-51(61-53-21-29-11-30(22-53)13-31(12-29)23-53)55-37-5-7-39-41(19-37)59-47(43-3-1-9-65-43)49(57-39)45-17-35(27-67-45)36-18-46(68-28-36)50-48(44-4-2-10-66-44)60-42-20-38(6-8-40(42)58-50)56-52(64)62-54-24-32-14-33(25-54)16-34(15-32)26-54/h1-10,17-20,27-34H,11-16,21-26H2,(H2,55,61,63)(H2,56,62,64). The van der Waals surface area contributed by atoms with Crippen LogP contribution < -0.4 is 21.3 Å². The number of nitrogens with zero attached hydrogens (tertiary/aromatic N) is 4. The van der Waals surface area contributed by atoms with Gasteiger partial charge in [0.05, 0.1) is 41.6 Å². The van der Waals surface area contributed by atoms with Gasteiger partial charge < -0.3 is 21.3 Å². The number of hydrogen-bond acceptors (Lipinski definition) is 10. The SMILES string of the molecule is O=C(Nc1ccc2nc(-c3cc(-c4csc(-c5nc6ccc(NC(=S)NC78CC9CC(CC(C9)C7)C8)cc6nc5-c5cccs5)c4)cs3)c(-c3cccs3)nc2c1)NC12CC3CC(CC(C3)C1)C2. The molecule has 0 atom stereocenters. The molecule has 342 valence electrons. The van der Waals surface area contributed by atoms with Gasteiger partial charge >= 0.3 is 6.03 Å². The maximum absolute atomic E-state index is 13.5. The van der Waals surface area contributed by atoms with Crippen molar-refractivity contribution in [2.75, 3.05) is 10.6 Å². The van der Waals surface area contributed by atoms with Gasteiger partial charge in [-0.25, -0.2) is 24.7 Å². The van der Waals surface area contributed by atoms with Gasteiger partial charge in [-0.15, -0.1) is 45.3 Å². The summed E-state index contributed by atoms with van der Waals surface area (Å²) in [5, 5.41) is 23.3. The van der Waals surface area contributed by atoms with Crippen LogP contribution in [-0.4, -0.2) is 42.2 Å². The van der Waals surface area contributed by atoms with Gasteiger partial charge in [0.15, 0.2) is 5.11 Å². The number of benzene rings is 2. The molecule has 2 aromatic carbocycles. The largest absolute Gasteiger partial charge is 0.357 e. The highest BCUT2D eigenvalue weighted by Gasteiger charge is 2.52. The van der Waals surface area contributed by atoms with Gasteiger partial charge in [-0.1, -0.05) is 12.1 Å².